The summed E-state index contributed by atoms with van der Waals surface area (Å²) >= 11 is 12.1. The van der Waals surface area contributed by atoms with Crippen LogP contribution in [0.25, 0.3) is 0 Å². The number of amides is 2. The molecule has 0 aliphatic rings. The average Bonchev–Trinajstić information content (AvgIpc) is 2.75. The number of anilines is 1. The van der Waals surface area contributed by atoms with E-state index in [9.17, 15) is 18.0 Å². The molecule has 0 saturated heterocycles. The first kappa shape index (κ1) is 27.8. The number of hydrogen-bond donors (Lipinski definition) is 1. The van der Waals surface area contributed by atoms with Crippen LogP contribution in [0, 0.1) is 0 Å². The Morgan fingerprint density at radius 3 is 2.18 bits per heavy atom. The van der Waals surface area contributed by atoms with Gasteiger partial charge in [-0.1, -0.05) is 35.3 Å². The van der Waals surface area contributed by atoms with Crippen molar-refractivity contribution in [2.45, 2.75) is 39.4 Å². The first-order valence-corrected chi connectivity index (χ1v) is 13.1. The van der Waals surface area contributed by atoms with Crippen LogP contribution in [-0.2, 0) is 26.2 Å². The van der Waals surface area contributed by atoms with Gasteiger partial charge in [0.2, 0.25) is 21.8 Å². The third-order valence-electron chi connectivity index (χ3n) is 4.97. The van der Waals surface area contributed by atoms with Crippen molar-refractivity contribution in [1.82, 2.24) is 10.2 Å². The maximum atomic E-state index is 13.4. The van der Waals surface area contributed by atoms with Gasteiger partial charge in [0.05, 0.1) is 24.1 Å². The highest BCUT2D eigenvalue weighted by Gasteiger charge is 2.30. The van der Waals surface area contributed by atoms with E-state index in [2.05, 4.69) is 5.32 Å². The highest BCUT2D eigenvalue weighted by molar-refractivity contribution is 7.92. The summed E-state index contributed by atoms with van der Waals surface area (Å²) in [6.45, 7) is 4.79. The quantitative estimate of drug-likeness (QED) is 0.506. The van der Waals surface area contributed by atoms with Crippen molar-refractivity contribution in [3.05, 3.63) is 58.1 Å². The molecule has 8 nitrogen and oxygen atoms in total. The lowest BCUT2D eigenvalue weighted by molar-refractivity contribution is -0.139. The van der Waals surface area contributed by atoms with Crippen molar-refractivity contribution in [1.29, 1.82) is 0 Å². The van der Waals surface area contributed by atoms with Crippen LogP contribution in [-0.4, -0.2) is 57.1 Å². The molecule has 11 heteroatoms. The molecule has 2 aromatic carbocycles. The van der Waals surface area contributed by atoms with Gasteiger partial charge in [-0.05, 0) is 56.7 Å². The Morgan fingerprint density at radius 1 is 1.06 bits per heavy atom. The lowest BCUT2D eigenvalue weighted by Crippen LogP contribution is -2.52. The summed E-state index contributed by atoms with van der Waals surface area (Å²) in [5.41, 5.74) is 0.938. The van der Waals surface area contributed by atoms with Crippen LogP contribution < -0.4 is 14.4 Å². The zero-order valence-electron chi connectivity index (χ0n) is 19.7. The summed E-state index contributed by atoms with van der Waals surface area (Å²) < 4.78 is 31.2. The Hall–Kier alpha value is -2.49. The number of ether oxygens (including phenoxy) is 1. The molecule has 0 aliphatic carbocycles. The lowest BCUT2D eigenvalue weighted by Gasteiger charge is -2.32. The van der Waals surface area contributed by atoms with Crippen LogP contribution in [0.1, 0.15) is 26.3 Å². The Bertz CT molecular complexity index is 1120. The number of benzene rings is 2. The molecule has 0 fully saturated rings. The van der Waals surface area contributed by atoms with Crippen LogP contribution in [0.15, 0.2) is 42.5 Å². The van der Waals surface area contributed by atoms with E-state index in [4.69, 9.17) is 27.9 Å². The number of hydrogen-bond acceptors (Lipinski definition) is 5. The van der Waals surface area contributed by atoms with Crippen molar-refractivity contribution < 1.29 is 22.7 Å². The van der Waals surface area contributed by atoms with E-state index >= 15 is 0 Å². The minimum absolute atomic E-state index is 0.0870. The van der Waals surface area contributed by atoms with Crippen LogP contribution in [0.3, 0.4) is 0 Å². The van der Waals surface area contributed by atoms with Gasteiger partial charge in [0.25, 0.3) is 0 Å². The minimum atomic E-state index is -3.86. The summed E-state index contributed by atoms with van der Waals surface area (Å²) in [4.78, 5) is 27.5. The monoisotopic (exact) mass is 529 g/mol. The van der Waals surface area contributed by atoms with Gasteiger partial charge in [-0.2, -0.15) is 0 Å². The van der Waals surface area contributed by atoms with E-state index in [-0.39, 0.29) is 29.2 Å². The molecule has 1 atom stereocenters. The summed E-state index contributed by atoms with van der Waals surface area (Å²) in [6.07, 6.45) is 0.997. The molecule has 0 saturated carbocycles. The Labute approximate surface area is 210 Å². The van der Waals surface area contributed by atoms with E-state index in [0.29, 0.717) is 10.8 Å². The second-order valence-electron chi connectivity index (χ2n) is 8.08. The largest absolute Gasteiger partial charge is 0.495 e. The zero-order chi connectivity index (χ0) is 25.6. The van der Waals surface area contributed by atoms with Crippen LogP contribution in [0.5, 0.6) is 5.75 Å². The van der Waals surface area contributed by atoms with Gasteiger partial charge in [0.15, 0.2) is 0 Å². The van der Waals surface area contributed by atoms with Crippen LogP contribution >= 0.6 is 23.2 Å². The number of carbonyl (C=O) groups excluding carboxylic acids is 2. The Kier molecular flexibility index (Phi) is 9.61. The molecule has 2 rings (SSSR count). The van der Waals surface area contributed by atoms with Crippen molar-refractivity contribution in [2.24, 2.45) is 0 Å². The Morgan fingerprint density at radius 2 is 1.68 bits per heavy atom. The third-order valence-corrected chi connectivity index (χ3v) is 6.65. The number of carbonyl (C=O) groups is 2. The molecule has 0 unspecified atom stereocenters. The fourth-order valence-electron chi connectivity index (χ4n) is 3.20. The molecule has 0 spiro atoms. The first-order valence-electron chi connectivity index (χ1n) is 10.5. The van der Waals surface area contributed by atoms with E-state index in [1.807, 2.05) is 13.8 Å². The summed E-state index contributed by atoms with van der Waals surface area (Å²) in [5.74, 6) is -0.539. The second-order valence-corrected chi connectivity index (χ2v) is 10.8. The molecule has 0 radical (unpaired) electrons. The van der Waals surface area contributed by atoms with Gasteiger partial charge >= 0.3 is 0 Å². The van der Waals surface area contributed by atoms with E-state index in [1.54, 1.807) is 31.2 Å². The van der Waals surface area contributed by atoms with E-state index < -0.39 is 28.5 Å². The molecular formula is C23H29Cl2N3O5S. The van der Waals surface area contributed by atoms with Gasteiger partial charge < -0.3 is 15.0 Å². The summed E-state index contributed by atoms with van der Waals surface area (Å²) in [6, 6.07) is 10.3. The predicted molar refractivity (Wildman–Crippen MR) is 135 cm³/mol. The second kappa shape index (κ2) is 11.8. The average molecular weight is 530 g/mol. The topological polar surface area (TPSA) is 96.0 Å². The van der Waals surface area contributed by atoms with Gasteiger partial charge in [0.1, 0.15) is 18.3 Å². The smallest absolute Gasteiger partial charge is 0.244 e. The van der Waals surface area contributed by atoms with Gasteiger partial charge in [0, 0.05) is 17.6 Å². The zero-order valence-corrected chi connectivity index (χ0v) is 22.0. The number of methoxy groups -OCH3 is 1. The molecule has 2 amide bonds. The maximum absolute atomic E-state index is 13.4. The highest BCUT2D eigenvalue weighted by Crippen LogP contribution is 2.30. The van der Waals surface area contributed by atoms with Crippen LogP contribution in [0.4, 0.5) is 5.69 Å². The van der Waals surface area contributed by atoms with Crippen LogP contribution in [0.2, 0.25) is 10.0 Å². The highest BCUT2D eigenvalue weighted by atomic mass is 35.5. The standard InChI is InChI=1S/C23H29Cl2N3O5S/c1-15(2)26-23(30)16(3)27(13-17-6-8-18(24)9-7-17)22(29)14-28(34(5,31)32)19-10-11-21(33-4)20(25)12-19/h6-12,15-16H,13-14H2,1-5H3,(H,26,30)/t16-/m1/s1. The number of rotatable bonds is 10. The van der Waals surface area contributed by atoms with E-state index in [0.717, 1.165) is 16.1 Å². The van der Waals surface area contributed by atoms with Crippen molar-refractivity contribution in [3.63, 3.8) is 0 Å². The van der Waals surface area contributed by atoms with Crippen molar-refractivity contribution in [3.8, 4) is 5.75 Å². The maximum Gasteiger partial charge on any atom is 0.244 e. The van der Waals surface area contributed by atoms with Gasteiger partial charge in [-0.25, -0.2) is 8.42 Å². The Balaban J connectivity index is 2.40. The summed E-state index contributed by atoms with van der Waals surface area (Å²) in [7, 11) is -2.42. The van der Waals surface area contributed by atoms with Crippen molar-refractivity contribution in [2.75, 3.05) is 24.2 Å². The van der Waals surface area contributed by atoms with Crippen molar-refractivity contribution >= 4 is 50.7 Å². The number of halogens is 2. The molecular weight excluding hydrogens is 501 g/mol. The molecule has 186 valence electrons. The SMILES string of the molecule is COc1ccc(N(CC(=O)N(Cc2ccc(Cl)cc2)[C@H](C)C(=O)NC(C)C)S(C)(=O)=O)cc1Cl. The van der Waals surface area contributed by atoms with Gasteiger partial charge in [-0.3, -0.25) is 13.9 Å². The molecule has 1 N–H and O–H groups in total. The number of nitrogens with zero attached hydrogens (tertiary/aromatic N) is 2. The van der Waals surface area contributed by atoms with E-state index in [1.165, 1.54) is 30.2 Å². The molecule has 0 heterocycles. The summed E-state index contributed by atoms with van der Waals surface area (Å²) in [5, 5.41) is 3.52. The minimum Gasteiger partial charge on any atom is -0.495 e. The van der Waals surface area contributed by atoms with Gasteiger partial charge in [-0.15, -0.1) is 0 Å². The normalized spacial score (nSPS) is 12.2. The number of nitrogens with one attached hydrogen (secondary N) is 1. The predicted octanol–water partition coefficient (Wildman–Crippen LogP) is 3.71. The third kappa shape index (κ3) is 7.51. The molecule has 0 bridgehead atoms. The number of sulfonamides is 1. The molecule has 0 aromatic heterocycles. The first-order chi connectivity index (χ1) is 15.8. The fourth-order valence-corrected chi connectivity index (χ4v) is 4.42. The molecule has 34 heavy (non-hydrogen) atoms. The molecule has 0 aliphatic heterocycles. The lowest BCUT2D eigenvalue weighted by atomic mass is 10.1. The molecule has 2 aromatic rings. The fraction of sp³-hybridized carbons (Fsp3) is 0.391.